The Morgan fingerprint density at radius 3 is 2.46 bits per heavy atom. The average molecular weight is 209 g/mol. The molecule has 0 radical (unpaired) electrons. The Hall–Kier alpha value is -0.710. The quantitative estimate of drug-likeness (QED) is 0.771. The van der Waals surface area contributed by atoms with Gasteiger partial charge in [0, 0.05) is 18.2 Å². The van der Waals surface area contributed by atoms with Gasteiger partial charge in [-0.1, -0.05) is 12.1 Å². The van der Waals surface area contributed by atoms with Crippen molar-refractivity contribution in [2.45, 2.75) is 6.04 Å². The minimum absolute atomic E-state index is 0. The summed E-state index contributed by atoms with van der Waals surface area (Å²) in [5, 5.41) is 0. The van der Waals surface area contributed by atoms with Gasteiger partial charge in [-0.15, -0.1) is 12.4 Å². The molecule has 0 heterocycles. The maximum Gasteiger partial charge on any atom is 0.163 e. The Kier molecular flexibility index (Phi) is 4.83. The molecular formula is C8H11ClF2N2. The molecule has 0 aliphatic heterocycles. The van der Waals surface area contributed by atoms with Crippen molar-refractivity contribution in [1.29, 1.82) is 0 Å². The molecule has 1 aromatic carbocycles. The number of hydrogen-bond acceptors (Lipinski definition) is 2. The number of nitrogens with two attached hydrogens (primary N) is 2. The topological polar surface area (TPSA) is 52.0 Å². The molecule has 2 nitrogen and oxygen atoms in total. The minimum atomic E-state index is -0.907. The maximum atomic E-state index is 12.9. The van der Waals surface area contributed by atoms with Crippen LogP contribution in [-0.2, 0) is 0 Å². The molecule has 0 saturated carbocycles. The van der Waals surface area contributed by atoms with Crippen molar-refractivity contribution in [3.63, 3.8) is 0 Å². The first-order valence-electron chi connectivity index (χ1n) is 3.56. The van der Waals surface area contributed by atoms with E-state index in [1.807, 2.05) is 0 Å². The Morgan fingerprint density at radius 2 is 1.92 bits per heavy atom. The smallest absolute Gasteiger partial charge is 0.163 e. The summed E-state index contributed by atoms with van der Waals surface area (Å²) in [6, 6.07) is 3.24. The molecule has 5 heteroatoms. The van der Waals surface area contributed by atoms with Crippen LogP contribution in [0.4, 0.5) is 8.78 Å². The SMILES string of the molecule is Cl.NC[C@@H](N)c1cccc(F)c1F. The van der Waals surface area contributed by atoms with Crippen molar-refractivity contribution in [3.05, 3.63) is 35.4 Å². The summed E-state index contributed by atoms with van der Waals surface area (Å²) >= 11 is 0. The van der Waals surface area contributed by atoms with Gasteiger partial charge >= 0.3 is 0 Å². The highest BCUT2D eigenvalue weighted by Crippen LogP contribution is 2.16. The third kappa shape index (κ3) is 2.62. The van der Waals surface area contributed by atoms with Crippen molar-refractivity contribution < 1.29 is 8.78 Å². The standard InChI is InChI=1S/C8H10F2N2.ClH/c9-6-3-1-2-5(8(6)10)7(12)4-11;/h1-3,7H,4,11-12H2;1H/t7-;/m1./s1. The molecule has 0 bridgehead atoms. The zero-order chi connectivity index (χ0) is 9.14. The van der Waals surface area contributed by atoms with Gasteiger partial charge in [0.2, 0.25) is 0 Å². The fourth-order valence-electron chi connectivity index (χ4n) is 0.934. The van der Waals surface area contributed by atoms with E-state index in [4.69, 9.17) is 11.5 Å². The molecule has 0 saturated heterocycles. The predicted molar refractivity (Wildman–Crippen MR) is 49.6 cm³/mol. The highest BCUT2D eigenvalue weighted by Gasteiger charge is 2.12. The van der Waals surface area contributed by atoms with Crippen LogP contribution < -0.4 is 11.5 Å². The molecule has 1 rings (SSSR count). The summed E-state index contributed by atoms with van der Waals surface area (Å²) < 4.78 is 25.5. The third-order valence-electron chi connectivity index (χ3n) is 1.63. The molecule has 0 aromatic heterocycles. The molecule has 0 spiro atoms. The lowest BCUT2D eigenvalue weighted by Crippen LogP contribution is -2.22. The highest BCUT2D eigenvalue weighted by atomic mass is 35.5. The van der Waals surface area contributed by atoms with Crippen molar-refractivity contribution in [2.24, 2.45) is 11.5 Å². The van der Waals surface area contributed by atoms with Crippen LogP contribution in [0.2, 0.25) is 0 Å². The van der Waals surface area contributed by atoms with E-state index in [1.165, 1.54) is 12.1 Å². The first-order valence-corrected chi connectivity index (χ1v) is 3.56. The van der Waals surface area contributed by atoms with Crippen LogP contribution in [0.3, 0.4) is 0 Å². The Morgan fingerprint density at radius 1 is 1.31 bits per heavy atom. The van der Waals surface area contributed by atoms with Crippen molar-refractivity contribution in [2.75, 3.05) is 6.54 Å². The second-order valence-electron chi connectivity index (χ2n) is 2.49. The minimum Gasteiger partial charge on any atom is -0.329 e. The van der Waals surface area contributed by atoms with Gasteiger partial charge in [-0.2, -0.15) is 0 Å². The molecule has 74 valence electrons. The summed E-state index contributed by atoms with van der Waals surface area (Å²) in [6.45, 7) is 0.0976. The molecule has 0 aliphatic rings. The van der Waals surface area contributed by atoms with E-state index in [-0.39, 0.29) is 24.5 Å². The monoisotopic (exact) mass is 208 g/mol. The van der Waals surface area contributed by atoms with Crippen LogP contribution in [-0.4, -0.2) is 6.54 Å². The summed E-state index contributed by atoms with van der Waals surface area (Å²) in [5.41, 5.74) is 10.8. The molecule has 4 N–H and O–H groups in total. The van der Waals surface area contributed by atoms with E-state index in [2.05, 4.69) is 0 Å². The molecule has 0 aliphatic carbocycles. The molecule has 1 aromatic rings. The molecule has 0 amide bonds. The summed E-state index contributed by atoms with van der Waals surface area (Å²) in [7, 11) is 0. The van der Waals surface area contributed by atoms with E-state index in [9.17, 15) is 8.78 Å². The lowest BCUT2D eigenvalue weighted by molar-refractivity contribution is 0.489. The van der Waals surface area contributed by atoms with Gasteiger partial charge in [0.25, 0.3) is 0 Å². The third-order valence-corrected chi connectivity index (χ3v) is 1.63. The number of benzene rings is 1. The van der Waals surface area contributed by atoms with Gasteiger partial charge < -0.3 is 11.5 Å². The van der Waals surface area contributed by atoms with Gasteiger partial charge in [0.15, 0.2) is 11.6 Å². The Bertz CT molecular complexity index is 281. The predicted octanol–water partition coefficient (Wildman–Crippen LogP) is 1.35. The van der Waals surface area contributed by atoms with E-state index in [1.54, 1.807) is 0 Å². The van der Waals surface area contributed by atoms with E-state index in [0.29, 0.717) is 0 Å². The lowest BCUT2D eigenvalue weighted by atomic mass is 10.1. The van der Waals surface area contributed by atoms with Crippen LogP contribution in [0.15, 0.2) is 18.2 Å². The van der Waals surface area contributed by atoms with Gasteiger partial charge in [-0.05, 0) is 6.07 Å². The summed E-state index contributed by atoms with van der Waals surface area (Å²) in [5.74, 6) is -1.80. The first-order chi connectivity index (χ1) is 5.66. The highest BCUT2D eigenvalue weighted by molar-refractivity contribution is 5.85. The fourth-order valence-corrected chi connectivity index (χ4v) is 0.934. The second-order valence-corrected chi connectivity index (χ2v) is 2.49. The van der Waals surface area contributed by atoms with E-state index in [0.717, 1.165) is 6.07 Å². The zero-order valence-corrected chi connectivity index (χ0v) is 7.65. The van der Waals surface area contributed by atoms with E-state index >= 15 is 0 Å². The molecule has 13 heavy (non-hydrogen) atoms. The van der Waals surface area contributed by atoms with Crippen LogP contribution >= 0.6 is 12.4 Å². The fraction of sp³-hybridized carbons (Fsp3) is 0.250. The van der Waals surface area contributed by atoms with Gasteiger partial charge in [0.1, 0.15) is 0 Å². The van der Waals surface area contributed by atoms with Crippen molar-refractivity contribution in [3.8, 4) is 0 Å². The first kappa shape index (κ1) is 12.3. The number of halogens is 3. The zero-order valence-electron chi connectivity index (χ0n) is 6.84. The normalized spacial score (nSPS) is 12.0. The summed E-state index contributed by atoms with van der Waals surface area (Å²) in [6.07, 6.45) is 0. The van der Waals surface area contributed by atoms with E-state index < -0.39 is 17.7 Å². The maximum absolute atomic E-state index is 12.9. The Balaban J connectivity index is 0.00000144. The molecular weight excluding hydrogens is 198 g/mol. The second kappa shape index (κ2) is 5.11. The van der Waals surface area contributed by atoms with Gasteiger partial charge in [-0.25, -0.2) is 8.78 Å². The average Bonchev–Trinajstić information content (AvgIpc) is 2.08. The van der Waals surface area contributed by atoms with Crippen LogP contribution in [0.1, 0.15) is 11.6 Å². The number of hydrogen-bond donors (Lipinski definition) is 2. The lowest BCUT2D eigenvalue weighted by Gasteiger charge is -2.09. The molecule has 1 atom stereocenters. The van der Waals surface area contributed by atoms with Crippen molar-refractivity contribution >= 4 is 12.4 Å². The van der Waals surface area contributed by atoms with Gasteiger partial charge in [-0.3, -0.25) is 0 Å². The molecule has 0 unspecified atom stereocenters. The van der Waals surface area contributed by atoms with Crippen LogP contribution in [0.25, 0.3) is 0 Å². The summed E-state index contributed by atoms with van der Waals surface area (Å²) in [4.78, 5) is 0. The van der Waals surface area contributed by atoms with Gasteiger partial charge in [0.05, 0.1) is 0 Å². The molecule has 0 fully saturated rings. The number of rotatable bonds is 2. The van der Waals surface area contributed by atoms with Crippen LogP contribution in [0.5, 0.6) is 0 Å². The Labute approximate surface area is 81.3 Å². The van der Waals surface area contributed by atoms with Crippen molar-refractivity contribution in [1.82, 2.24) is 0 Å². The largest absolute Gasteiger partial charge is 0.329 e. The van der Waals surface area contributed by atoms with Crippen LogP contribution in [0, 0.1) is 11.6 Å².